The second-order valence-corrected chi connectivity index (χ2v) is 36.6. The second-order valence-electron chi connectivity index (χ2n) is 36.6. The van der Waals surface area contributed by atoms with Gasteiger partial charge >= 0.3 is 0 Å². The molecule has 650 valence electrons. The largest absolute Gasteiger partial charge is 0.456 e. The van der Waals surface area contributed by atoms with Crippen molar-refractivity contribution in [2.75, 3.05) is 19.6 Å². The van der Waals surface area contributed by atoms with Crippen LogP contribution in [0.1, 0.15) is 22.3 Å². The summed E-state index contributed by atoms with van der Waals surface area (Å²) >= 11 is 0. The molecule has 28 rings (SSSR count). The normalized spacial score (nSPS) is 12.1. The number of rotatable bonds is 15. The second kappa shape index (κ2) is 30.7. The van der Waals surface area contributed by atoms with Crippen LogP contribution >= 0.6 is 0 Å². The molecule has 0 unspecified atom stereocenters. The summed E-state index contributed by atoms with van der Waals surface area (Å²) in [6, 6.07) is 153. The van der Waals surface area contributed by atoms with E-state index in [1.807, 2.05) is 24.3 Å². The van der Waals surface area contributed by atoms with Crippen molar-refractivity contribution in [3.8, 4) is 33.4 Å². The van der Waals surface area contributed by atoms with Gasteiger partial charge in [-0.15, -0.1) is 0 Å². The topological polar surface area (TPSA) is 91.8 Å². The number of hydrogen-bond acceptors (Lipinski definition) is 10. The molecule has 0 saturated heterocycles. The van der Waals surface area contributed by atoms with Crippen LogP contribution in [-0.2, 0) is 0 Å². The zero-order valence-corrected chi connectivity index (χ0v) is 75.7. The molecule has 0 amide bonds. The number of aryl methyl sites for hydroxylation is 4. The first-order valence-corrected chi connectivity index (χ1v) is 47.1. The fraction of sp³-hybridized carbons (Fsp3) is 0.0312. The van der Waals surface area contributed by atoms with Gasteiger partial charge in [0.2, 0.25) is 0 Å². The summed E-state index contributed by atoms with van der Waals surface area (Å²) in [5.74, 6) is 0. The Balaban J connectivity index is 0.664. The monoisotopic (exact) mass is 1770 g/mol. The van der Waals surface area contributed by atoms with E-state index in [4.69, 9.17) is 26.5 Å². The van der Waals surface area contributed by atoms with Crippen LogP contribution in [0.4, 0.5) is 68.2 Å². The van der Waals surface area contributed by atoms with Crippen molar-refractivity contribution in [3.63, 3.8) is 0 Å². The van der Waals surface area contributed by atoms with Gasteiger partial charge in [0.05, 0.1) is 56.9 Å². The number of furan rings is 6. The van der Waals surface area contributed by atoms with Crippen molar-refractivity contribution in [2.24, 2.45) is 0 Å². The molecule has 0 bridgehead atoms. The lowest BCUT2D eigenvalue weighted by atomic mass is 9.92. The van der Waals surface area contributed by atoms with Crippen molar-refractivity contribution >= 4 is 243 Å². The van der Waals surface area contributed by atoms with E-state index in [1.165, 1.54) is 0 Å². The van der Waals surface area contributed by atoms with Gasteiger partial charge in [-0.25, -0.2) is 0 Å². The number of anilines is 12. The Bertz CT molecular complexity index is 10000. The first-order valence-electron chi connectivity index (χ1n) is 47.1. The summed E-state index contributed by atoms with van der Waals surface area (Å²) in [7, 11) is 0. The number of para-hydroxylation sites is 10. The Kier molecular flexibility index (Phi) is 17.5. The maximum Gasteiger partial charge on any atom is 0.159 e. The van der Waals surface area contributed by atoms with Crippen LogP contribution in [0.15, 0.2) is 451 Å². The predicted molar refractivity (Wildman–Crippen MR) is 574 cm³/mol. The molecular formula is C128H82N4O6. The highest BCUT2D eigenvalue weighted by Crippen LogP contribution is 2.58. The lowest BCUT2D eigenvalue weighted by molar-refractivity contribution is 0.667. The minimum Gasteiger partial charge on any atom is -0.456 e. The predicted octanol–water partition coefficient (Wildman–Crippen LogP) is 37.8. The highest BCUT2D eigenvalue weighted by atomic mass is 16.4. The third kappa shape index (κ3) is 12.0. The molecule has 138 heavy (non-hydrogen) atoms. The Labute approximate surface area is 791 Å². The molecule has 28 aromatic rings. The van der Waals surface area contributed by atoms with Gasteiger partial charge in [0.1, 0.15) is 44.7 Å². The van der Waals surface area contributed by atoms with Gasteiger partial charge < -0.3 is 46.1 Å². The summed E-state index contributed by atoms with van der Waals surface area (Å²) in [4.78, 5) is 9.62. The molecule has 6 aromatic heterocycles. The van der Waals surface area contributed by atoms with Crippen LogP contribution in [0.5, 0.6) is 0 Å². The maximum atomic E-state index is 7.79. The molecule has 0 aliphatic heterocycles. The highest BCUT2D eigenvalue weighted by Gasteiger charge is 2.34. The molecule has 22 aromatic carbocycles. The lowest BCUT2D eigenvalue weighted by Gasteiger charge is -2.29. The van der Waals surface area contributed by atoms with Gasteiger partial charge in [-0.1, -0.05) is 315 Å². The van der Waals surface area contributed by atoms with E-state index < -0.39 is 0 Å². The van der Waals surface area contributed by atoms with E-state index in [-0.39, 0.29) is 0 Å². The highest BCUT2D eigenvalue weighted by molar-refractivity contribution is 6.34. The van der Waals surface area contributed by atoms with Gasteiger partial charge in [0.15, 0.2) is 22.3 Å². The van der Waals surface area contributed by atoms with E-state index in [1.54, 1.807) is 0 Å². The molecule has 10 nitrogen and oxygen atoms in total. The zero-order chi connectivity index (χ0) is 91.2. The van der Waals surface area contributed by atoms with Crippen LogP contribution in [0.2, 0.25) is 0 Å². The van der Waals surface area contributed by atoms with E-state index in [9.17, 15) is 0 Å². The summed E-state index contributed by atoms with van der Waals surface area (Å²) in [5, 5.41) is 20.6. The zero-order valence-electron chi connectivity index (χ0n) is 75.7. The summed E-state index contributed by atoms with van der Waals surface area (Å²) in [6.45, 7) is 8.74. The molecule has 0 spiro atoms. The molecule has 6 heterocycles. The smallest absolute Gasteiger partial charge is 0.159 e. The van der Waals surface area contributed by atoms with E-state index in [0.29, 0.717) is 0 Å². The van der Waals surface area contributed by atoms with Crippen molar-refractivity contribution in [1.29, 1.82) is 0 Å². The van der Waals surface area contributed by atoms with Crippen molar-refractivity contribution < 1.29 is 26.5 Å². The first-order chi connectivity index (χ1) is 68.1. The summed E-state index contributed by atoms with van der Waals surface area (Å²) in [5.41, 5.74) is 31.3. The molecule has 0 fully saturated rings. The van der Waals surface area contributed by atoms with Crippen molar-refractivity contribution in [1.82, 2.24) is 0 Å². The third-order valence-corrected chi connectivity index (χ3v) is 28.5. The van der Waals surface area contributed by atoms with E-state index >= 15 is 0 Å². The Morgan fingerprint density at radius 2 is 0.420 bits per heavy atom. The van der Waals surface area contributed by atoms with Gasteiger partial charge in [-0.2, -0.15) is 0 Å². The van der Waals surface area contributed by atoms with Gasteiger partial charge in [0.25, 0.3) is 0 Å². The minimum absolute atomic E-state index is 0.727. The van der Waals surface area contributed by atoms with Crippen LogP contribution in [0.3, 0.4) is 0 Å². The van der Waals surface area contributed by atoms with Gasteiger partial charge in [-0.05, 0) is 179 Å². The Hall–Kier alpha value is -18.1. The minimum atomic E-state index is 0.727. The Morgan fingerprint density at radius 1 is 0.145 bits per heavy atom. The molecule has 10 heteroatoms. The van der Waals surface area contributed by atoms with Crippen molar-refractivity contribution in [2.45, 2.75) is 27.7 Å². The summed E-state index contributed by atoms with van der Waals surface area (Å²) < 4.78 is 43.9. The number of hydrogen-bond donors (Lipinski definition) is 0. The SMILES string of the molecule is Cc1ccc(C)c(N(c2cc3oc4cc(N(c5cc(C)ccc5C)c5cccc6c5oc5ccccc56)c5ccc(-c6cccc(-c7ccccc7N(c7cc8oc9cc(N(c%10ccccc%10-c%10ccccc%10)c%10cccc%11c%10oc%10ccccc%10%11)c%10ccccc%10c9c8c8ccccc78)c7cccc8c7oc7ccccc78)c6)cc5c4c3c3ccccc23)c2cccc3c2oc2ccccc23)c1. The molecular weight excluding hydrogens is 1690 g/mol. The quantitative estimate of drug-likeness (QED) is 0.0988. The molecule has 0 atom stereocenters. The fourth-order valence-corrected chi connectivity index (χ4v) is 22.3. The average Bonchev–Trinajstić information content (AvgIpc) is 1.54. The third-order valence-electron chi connectivity index (χ3n) is 28.5. The average molecular weight is 1770 g/mol. The van der Waals surface area contributed by atoms with Crippen molar-refractivity contribution in [3.05, 3.63) is 447 Å². The number of fused-ring (bicyclic) bond motifs is 26. The molecule has 0 radical (unpaired) electrons. The van der Waals surface area contributed by atoms with E-state index in [0.717, 1.165) is 299 Å². The fourth-order valence-electron chi connectivity index (χ4n) is 22.3. The van der Waals surface area contributed by atoms with Crippen LogP contribution in [0.25, 0.3) is 208 Å². The molecule has 0 aliphatic rings. The van der Waals surface area contributed by atoms with Crippen LogP contribution in [-0.4, -0.2) is 0 Å². The van der Waals surface area contributed by atoms with Gasteiger partial charge in [0, 0.05) is 133 Å². The molecule has 0 N–H and O–H groups in total. The van der Waals surface area contributed by atoms with Crippen LogP contribution in [0, 0.1) is 27.7 Å². The molecule has 0 aliphatic carbocycles. The Morgan fingerprint density at radius 3 is 0.812 bits per heavy atom. The maximum absolute atomic E-state index is 7.79. The standard InChI is InChI=1S/C128H82N4O6/c1-75-61-63-77(3)107(67-75)131(105-55-29-49-98-91-42-18-24-59-115(91)137-127(98)105)111-73-119-123(95-46-13-10-39-87(95)111)124-100-70-81(65-66-88(100)112(74-120(124)134-119)132(108-68-76(2)62-64-78(108)4)106-56-30-50-99-92-43-19-25-60-116(92)138-128(99)106)80-33-26-34-82(69-80)84-36-15-21-52-102(84)130(104-54-28-48-97-90-41-17-23-58-114(90)136-126(97)104)110-72-118-122(94-45-12-9-38-86(94)110)121-93-44-11-8-37-85(93)109(71-117(121)133-118)129(101-51-20-14-35-83(101)79-31-6-5-7-32-79)103-53-27-47-96-89-40-16-22-57-113(89)135-125(96)103/h5-74H,1-4H3. The van der Waals surface area contributed by atoms with E-state index in [2.05, 4.69) is 448 Å². The number of benzene rings is 22. The lowest BCUT2D eigenvalue weighted by Crippen LogP contribution is -2.12. The first kappa shape index (κ1) is 78.5. The van der Waals surface area contributed by atoms with Crippen LogP contribution < -0.4 is 19.6 Å². The van der Waals surface area contributed by atoms with Gasteiger partial charge in [-0.3, -0.25) is 0 Å². The molecule has 0 saturated carbocycles. The summed E-state index contributed by atoms with van der Waals surface area (Å²) in [6.07, 6.45) is 0. The number of nitrogens with zero attached hydrogens (tertiary/aromatic N) is 4.